The standard InChI is InChI=1S/C17H23N3O3/c1-10-13(19-12-8-17(3,4)23-9-12)6-5-7-14(10)20-15(21)11(2)18-16(20)22/h5-7,11-12,19H,8-9H2,1-4H3,(H,18,22). The molecular formula is C17H23N3O3. The lowest BCUT2D eigenvalue weighted by Crippen LogP contribution is -2.32. The van der Waals surface area contributed by atoms with Crippen LogP contribution in [-0.2, 0) is 9.53 Å². The number of ether oxygens (including phenoxy) is 1. The third-order valence-corrected chi connectivity index (χ3v) is 4.45. The van der Waals surface area contributed by atoms with Gasteiger partial charge in [-0.3, -0.25) is 4.79 Å². The molecule has 0 aromatic heterocycles. The number of hydrogen-bond acceptors (Lipinski definition) is 4. The fraction of sp³-hybridized carbons (Fsp3) is 0.529. The number of imide groups is 1. The summed E-state index contributed by atoms with van der Waals surface area (Å²) < 4.78 is 5.75. The molecule has 2 atom stereocenters. The molecule has 3 amide bonds. The van der Waals surface area contributed by atoms with E-state index in [1.54, 1.807) is 13.0 Å². The van der Waals surface area contributed by atoms with Gasteiger partial charge >= 0.3 is 6.03 Å². The number of rotatable bonds is 3. The second-order valence-electron chi connectivity index (χ2n) is 6.91. The van der Waals surface area contributed by atoms with E-state index in [-0.39, 0.29) is 23.6 Å². The van der Waals surface area contributed by atoms with Crippen LogP contribution in [0.2, 0.25) is 0 Å². The quantitative estimate of drug-likeness (QED) is 0.840. The van der Waals surface area contributed by atoms with Crippen molar-refractivity contribution in [2.24, 2.45) is 0 Å². The van der Waals surface area contributed by atoms with Crippen molar-refractivity contribution in [2.75, 3.05) is 16.8 Å². The van der Waals surface area contributed by atoms with Gasteiger partial charge in [0.1, 0.15) is 6.04 Å². The average Bonchev–Trinajstić information content (AvgIpc) is 2.93. The fourth-order valence-corrected chi connectivity index (χ4v) is 3.21. The van der Waals surface area contributed by atoms with Crippen molar-refractivity contribution in [2.45, 2.75) is 51.8 Å². The van der Waals surface area contributed by atoms with Crippen molar-refractivity contribution in [3.8, 4) is 0 Å². The SMILES string of the molecule is Cc1c(NC2COC(C)(C)C2)cccc1N1C(=O)NC(C)C1=O. The van der Waals surface area contributed by atoms with Gasteiger partial charge in [0.15, 0.2) is 0 Å². The molecule has 0 spiro atoms. The highest BCUT2D eigenvalue weighted by molar-refractivity contribution is 6.21. The fourth-order valence-electron chi connectivity index (χ4n) is 3.21. The summed E-state index contributed by atoms with van der Waals surface area (Å²) in [5, 5.41) is 6.12. The van der Waals surface area contributed by atoms with Crippen LogP contribution in [0, 0.1) is 6.92 Å². The maximum atomic E-state index is 12.2. The highest BCUT2D eigenvalue weighted by Crippen LogP contribution is 2.32. The molecule has 2 unspecified atom stereocenters. The van der Waals surface area contributed by atoms with Gasteiger partial charge < -0.3 is 15.4 Å². The van der Waals surface area contributed by atoms with Gasteiger partial charge in [0, 0.05) is 5.69 Å². The van der Waals surface area contributed by atoms with Crippen LogP contribution in [0.4, 0.5) is 16.2 Å². The molecular weight excluding hydrogens is 294 g/mol. The van der Waals surface area contributed by atoms with Gasteiger partial charge in [0.25, 0.3) is 5.91 Å². The van der Waals surface area contributed by atoms with E-state index in [1.807, 2.05) is 19.1 Å². The summed E-state index contributed by atoms with van der Waals surface area (Å²) in [5.41, 5.74) is 2.31. The zero-order valence-electron chi connectivity index (χ0n) is 14.0. The third-order valence-electron chi connectivity index (χ3n) is 4.45. The zero-order valence-corrected chi connectivity index (χ0v) is 14.0. The number of amides is 3. The number of urea groups is 1. The first-order valence-electron chi connectivity index (χ1n) is 7.93. The number of benzene rings is 1. The number of anilines is 2. The largest absolute Gasteiger partial charge is 0.380 e. The average molecular weight is 317 g/mol. The first kappa shape index (κ1) is 15.8. The van der Waals surface area contributed by atoms with Crippen molar-refractivity contribution in [3.05, 3.63) is 23.8 Å². The van der Waals surface area contributed by atoms with E-state index in [1.165, 1.54) is 4.90 Å². The van der Waals surface area contributed by atoms with E-state index < -0.39 is 6.04 Å². The molecule has 2 aliphatic rings. The molecule has 2 saturated heterocycles. The van der Waals surface area contributed by atoms with Crippen molar-refractivity contribution in [1.82, 2.24) is 5.32 Å². The van der Waals surface area contributed by atoms with E-state index in [4.69, 9.17) is 4.74 Å². The molecule has 3 rings (SSSR count). The lowest BCUT2D eigenvalue weighted by atomic mass is 10.0. The lowest BCUT2D eigenvalue weighted by molar-refractivity contribution is -0.117. The minimum atomic E-state index is -0.484. The summed E-state index contributed by atoms with van der Waals surface area (Å²) in [4.78, 5) is 25.5. The van der Waals surface area contributed by atoms with E-state index in [0.29, 0.717) is 12.3 Å². The molecule has 2 N–H and O–H groups in total. The topological polar surface area (TPSA) is 70.7 Å². The normalized spacial score (nSPS) is 26.5. The van der Waals surface area contributed by atoms with Gasteiger partial charge in [-0.05, 0) is 51.8 Å². The predicted octanol–water partition coefficient (Wildman–Crippen LogP) is 2.42. The first-order valence-corrected chi connectivity index (χ1v) is 7.93. The Hall–Kier alpha value is -2.08. The summed E-state index contributed by atoms with van der Waals surface area (Å²) in [6.45, 7) is 8.41. The number of nitrogens with zero attached hydrogens (tertiary/aromatic N) is 1. The molecule has 124 valence electrons. The lowest BCUT2D eigenvalue weighted by Gasteiger charge is -2.21. The van der Waals surface area contributed by atoms with E-state index >= 15 is 0 Å². The highest BCUT2D eigenvalue weighted by Gasteiger charge is 2.37. The van der Waals surface area contributed by atoms with Crippen LogP contribution in [0.25, 0.3) is 0 Å². The minimum Gasteiger partial charge on any atom is -0.380 e. The summed E-state index contributed by atoms with van der Waals surface area (Å²) in [5.74, 6) is -0.222. The third kappa shape index (κ3) is 2.91. The van der Waals surface area contributed by atoms with Crippen LogP contribution < -0.4 is 15.5 Å². The summed E-state index contributed by atoms with van der Waals surface area (Å²) >= 11 is 0. The Bertz CT molecular complexity index is 656. The Morgan fingerprint density at radius 2 is 2.09 bits per heavy atom. The smallest absolute Gasteiger partial charge is 0.329 e. The molecule has 2 fully saturated rings. The highest BCUT2D eigenvalue weighted by atomic mass is 16.5. The Morgan fingerprint density at radius 1 is 1.35 bits per heavy atom. The van der Waals surface area contributed by atoms with Gasteiger partial charge in [-0.15, -0.1) is 0 Å². The Balaban J connectivity index is 1.85. The van der Waals surface area contributed by atoms with Gasteiger partial charge in [-0.2, -0.15) is 0 Å². The Kier molecular flexibility index (Phi) is 3.80. The minimum absolute atomic E-state index is 0.122. The van der Waals surface area contributed by atoms with Gasteiger partial charge in [-0.1, -0.05) is 6.07 Å². The van der Waals surface area contributed by atoms with Crippen LogP contribution in [0.5, 0.6) is 0 Å². The molecule has 0 bridgehead atoms. The molecule has 0 radical (unpaired) electrons. The monoisotopic (exact) mass is 317 g/mol. The Labute approximate surface area is 136 Å². The number of nitrogens with one attached hydrogen (secondary N) is 2. The molecule has 6 nitrogen and oxygen atoms in total. The number of hydrogen-bond donors (Lipinski definition) is 2. The van der Waals surface area contributed by atoms with Crippen LogP contribution in [0.1, 0.15) is 32.8 Å². The molecule has 6 heteroatoms. The van der Waals surface area contributed by atoms with Gasteiger partial charge in [0.05, 0.1) is 23.9 Å². The van der Waals surface area contributed by atoms with Crippen LogP contribution in [-0.4, -0.2) is 36.2 Å². The number of carbonyl (C=O) groups is 2. The van der Waals surface area contributed by atoms with Crippen molar-refractivity contribution >= 4 is 23.3 Å². The van der Waals surface area contributed by atoms with E-state index in [9.17, 15) is 9.59 Å². The van der Waals surface area contributed by atoms with E-state index in [2.05, 4.69) is 24.5 Å². The van der Waals surface area contributed by atoms with Gasteiger partial charge in [0.2, 0.25) is 0 Å². The summed E-state index contributed by atoms with van der Waals surface area (Å²) in [6.07, 6.45) is 0.914. The predicted molar refractivity (Wildman–Crippen MR) is 88.7 cm³/mol. The van der Waals surface area contributed by atoms with Crippen LogP contribution >= 0.6 is 0 Å². The Morgan fingerprint density at radius 3 is 2.65 bits per heavy atom. The van der Waals surface area contributed by atoms with Gasteiger partial charge in [-0.25, -0.2) is 9.69 Å². The van der Waals surface area contributed by atoms with Crippen molar-refractivity contribution in [1.29, 1.82) is 0 Å². The molecule has 1 aromatic rings. The summed E-state index contributed by atoms with van der Waals surface area (Å²) in [7, 11) is 0. The maximum Gasteiger partial charge on any atom is 0.329 e. The molecule has 0 saturated carbocycles. The molecule has 2 heterocycles. The molecule has 2 aliphatic heterocycles. The molecule has 0 aliphatic carbocycles. The maximum absolute atomic E-state index is 12.2. The van der Waals surface area contributed by atoms with E-state index in [0.717, 1.165) is 17.7 Å². The molecule has 1 aromatic carbocycles. The second kappa shape index (κ2) is 5.53. The van der Waals surface area contributed by atoms with Crippen LogP contribution in [0.15, 0.2) is 18.2 Å². The number of carbonyl (C=O) groups excluding carboxylic acids is 2. The zero-order chi connectivity index (χ0) is 16.8. The van der Waals surface area contributed by atoms with Crippen molar-refractivity contribution < 1.29 is 14.3 Å². The van der Waals surface area contributed by atoms with Crippen molar-refractivity contribution in [3.63, 3.8) is 0 Å². The first-order chi connectivity index (χ1) is 10.8. The molecule has 23 heavy (non-hydrogen) atoms. The summed E-state index contributed by atoms with van der Waals surface area (Å²) in [6, 6.07) is 4.99. The van der Waals surface area contributed by atoms with Crippen LogP contribution in [0.3, 0.4) is 0 Å². The second-order valence-corrected chi connectivity index (χ2v) is 6.91.